The van der Waals surface area contributed by atoms with Crippen LogP contribution in [0.5, 0.6) is 0 Å². The largest absolute Gasteiger partial charge is 0.444 e. The highest BCUT2D eigenvalue weighted by Crippen LogP contribution is 2.39. The first-order valence-corrected chi connectivity index (χ1v) is 7.35. The van der Waals surface area contributed by atoms with Gasteiger partial charge >= 0.3 is 6.09 Å². The molecule has 2 unspecified atom stereocenters. The monoisotopic (exact) mass is 283 g/mol. The van der Waals surface area contributed by atoms with Crippen molar-refractivity contribution in [2.75, 3.05) is 13.7 Å². The van der Waals surface area contributed by atoms with Gasteiger partial charge in [-0.2, -0.15) is 0 Å². The summed E-state index contributed by atoms with van der Waals surface area (Å²) >= 11 is 0. The molecule has 0 aromatic rings. The number of ether oxygens (including phenoxy) is 2. The van der Waals surface area contributed by atoms with Gasteiger partial charge in [0.15, 0.2) is 5.78 Å². The lowest BCUT2D eigenvalue weighted by Gasteiger charge is -2.39. The molecule has 0 radical (unpaired) electrons. The fraction of sp³-hybridized carbons (Fsp3) is 0.867. The molecule has 2 saturated heterocycles. The topological polar surface area (TPSA) is 55.8 Å². The highest BCUT2D eigenvalue weighted by atomic mass is 16.6. The minimum absolute atomic E-state index is 0.0335. The predicted molar refractivity (Wildman–Crippen MR) is 74.5 cm³/mol. The third kappa shape index (κ3) is 3.32. The van der Waals surface area contributed by atoms with Crippen molar-refractivity contribution in [3.8, 4) is 0 Å². The van der Waals surface area contributed by atoms with Crippen LogP contribution in [0.1, 0.15) is 46.5 Å². The number of piperidine rings is 1. The van der Waals surface area contributed by atoms with Gasteiger partial charge in [-0.15, -0.1) is 0 Å². The lowest BCUT2D eigenvalue weighted by atomic mass is 9.88. The van der Waals surface area contributed by atoms with Gasteiger partial charge in [0.25, 0.3) is 0 Å². The van der Waals surface area contributed by atoms with Crippen LogP contribution in [0.15, 0.2) is 0 Å². The molecular weight excluding hydrogens is 258 g/mol. The second-order valence-corrected chi connectivity index (χ2v) is 6.84. The smallest absolute Gasteiger partial charge is 0.410 e. The van der Waals surface area contributed by atoms with Crippen molar-refractivity contribution in [1.29, 1.82) is 0 Å². The third-order valence-electron chi connectivity index (χ3n) is 4.08. The van der Waals surface area contributed by atoms with Crippen LogP contribution in [0, 0.1) is 5.92 Å². The average Bonchev–Trinajstić information content (AvgIpc) is 2.58. The number of nitrogens with zero attached hydrogens (tertiary/aromatic N) is 1. The molecule has 0 spiro atoms. The summed E-state index contributed by atoms with van der Waals surface area (Å²) in [5, 5.41) is 0. The van der Waals surface area contributed by atoms with Crippen LogP contribution >= 0.6 is 0 Å². The van der Waals surface area contributed by atoms with Crippen LogP contribution in [0.25, 0.3) is 0 Å². The maximum atomic E-state index is 12.3. The first-order chi connectivity index (χ1) is 9.31. The van der Waals surface area contributed by atoms with E-state index in [1.54, 1.807) is 7.11 Å². The molecule has 5 heteroatoms. The van der Waals surface area contributed by atoms with Gasteiger partial charge in [0, 0.05) is 25.1 Å². The molecule has 0 N–H and O–H groups in total. The number of Topliss-reactive ketones (excluding diaryl/α,β-unsaturated/α-hetero) is 1. The van der Waals surface area contributed by atoms with E-state index in [1.165, 1.54) is 0 Å². The summed E-state index contributed by atoms with van der Waals surface area (Å²) in [5.74, 6) is 0.194. The van der Waals surface area contributed by atoms with Crippen molar-refractivity contribution in [3.63, 3.8) is 0 Å². The summed E-state index contributed by atoms with van der Waals surface area (Å²) < 4.78 is 10.4. The van der Waals surface area contributed by atoms with E-state index < -0.39 is 5.60 Å². The van der Waals surface area contributed by atoms with Crippen LogP contribution in [0.4, 0.5) is 4.79 Å². The third-order valence-corrected chi connectivity index (χ3v) is 4.08. The van der Waals surface area contributed by atoms with Crippen molar-refractivity contribution in [1.82, 2.24) is 4.90 Å². The Morgan fingerprint density at radius 1 is 1.15 bits per heavy atom. The van der Waals surface area contributed by atoms with Crippen molar-refractivity contribution < 1.29 is 19.1 Å². The van der Waals surface area contributed by atoms with Gasteiger partial charge < -0.3 is 14.4 Å². The van der Waals surface area contributed by atoms with E-state index in [1.807, 2.05) is 25.7 Å². The van der Waals surface area contributed by atoms with E-state index >= 15 is 0 Å². The number of carbonyl (C=O) groups excluding carboxylic acids is 2. The van der Waals surface area contributed by atoms with Crippen LogP contribution in [0.3, 0.4) is 0 Å². The molecule has 2 heterocycles. The lowest BCUT2D eigenvalue weighted by Crippen LogP contribution is -2.49. The van der Waals surface area contributed by atoms with Crippen LogP contribution in [-0.4, -0.2) is 48.2 Å². The summed E-state index contributed by atoms with van der Waals surface area (Å²) in [6.07, 6.45) is 3.21. The Morgan fingerprint density at radius 3 is 2.15 bits per heavy atom. The highest BCUT2D eigenvalue weighted by molar-refractivity contribution is 5.83. The summed E-state index contributed by atoms with van der Waals surface area (Å²) in [5.41, 5.74) is -0.473. The molecule has 0 aromatic carbocycles. The number of hydrogen-bond donors (Lipinski definition) is 0. The molecule has 2 bridgehead atoms. The van der Waals surface area contributed by atoms with E-state index in [0.717, 1.165) is 25.7 Å². The zero-order chi connectivity index (χ0) is 14.9. The fourth-order valence-corrected chi connectivity index (χ4v) is 3.31. The van der Waals surface area contributed by atoms with Crippen molar-refractivity contribution in [3.05, 3.63) is 0 Å². The Labute approximate surface area is 120 Å². The number of carbonyl (C=O) groups is 2. The Kier molecular flexibility index (Phi) is 4.37. The van der Waals surface area contributed by atoms with Crippen LogP contribution in [0.2, 0.25) is 0 Å². The minimum Gasteiger partial charge on any atom is -0.444 e. The maximum Gasteiger partial charge on any atom is 0.410 e. The first-order valence-electron chi connectivity index (χ1n) is 7.35. The number of amides is 1. The highest BCUT2D eigenvalue weighted by Gasteiger charge is 2.46. The van der Waals surface area contributed by atoms with E-state index in [9.17, 15) is 9.59 Å². The molecule has 20 heavy (non-hydrogen) atoms. The molecule has 1 amide bonds. The van der Waals surface area contributed by atoms with Gasteiger partial charge in [-0.1, -0.05) is 0 Å². The molecule has 2 aliphatic rings. The zero-order valence-electron chi connectivity index (χ0n) is 12.8. The van der Waals surface area contributed by atoms with Gasteiger partial charge in [-0.25, -0.2) is 4.79 Å². The summed E-state index contributed by atoms with van der Waals surface area (Å²) in [7, 11) is 1.54. The number of fused-ring (bicyclic) bond motifs is 2. The van der Waals surface area contributed by atoms with Gasteiger partial charge in [0.2, 0.25) is 0 Å². The summed E-state index contributed by atoms with van der Waals surface area (Å²) in [6.45, 7) is 5.81. The molecule has 2 rings (SSSR count). The van der Waals surface area contributed by atoms with Gasteiger partial charge in [0.1, 0.15) is 12.2 Å². The summed E-state index contributed by atoms with van der Waals surface area (Å²) in [6, 6.07) is 0.295. The number of rotatable bonds is 3. The molecule has 2 fully saturated rings. The average molecular weight is 283 g/mol. The predicted octanol–water partition coefficient (Wildman–Crippen LogP) is 2.38. The van der Waals surface area contributed by atoms with Crippen molar-refractivity contribution in [2.45, 2.75) is 64.1 Å². The molecule has 0 aromatic heterocycles. The quantitative estimate of drug-likeness (QED) is 0.798. The molecule has 2 aliphatic heterocycles. The summed E-state index contributed by atoms with van der Waals surface area (Å²) in [4.78, 5) is 26.1. The zero-order valence-corrected chi connectivity index (χ0v) is 12.8. The van der Waals surface area contributed by atoms with Crippen molar-refractivity contribution >= 4 is 11.9 Å². The Morgan fingerprint density at radius 2 is 1.70 bits per heavy atom. The first kappa shape index (κ1) is 15.3. The minimum atomic E-state index is -0.473. The second kappa shape index (κ2) is 5.72. The second-order valence-electron chi connectivity index (χ2n) is 6.84. The molecule has 0 saturated carbocycles. The van der Waals surface area contributed by atoms with Crippen LogP contribution < -0.4 is 0 Å². The van der Waals surface area contributed by atoms with Gasteiger partial charge in [-0.3, -0.25) is 4.79 Å². The molecule has 0 aliphatic carbocycles. The van der Waals surface area contributed by atoms with E-state index in [-0.39, 0.29) is 36.5 Å². The van der Waals surface area contributed by atoms with E-state index in [0.29, 0.717) is 0 Å². The van der Waals surface area contributed by atoms with E-state index in [4.69, 9.17) is 9.47 Å². The Bertz CT molecular complexity index is 374. The molecule has 114 valence electrons. The van der Waals surface area contributed by atoms with E-state index in [2.05, 4.69) is 0 Å². The van der Waals surface area contributed by atoms with Crippen LogP contribution in [-0.2, 0) is 14.3 Å². The Hall–Kier alpha value is -1.10. The van der Waals surface area contributed by atoms with Gasteiger partial charge in [0.05, 0.1) is 0 Å². The number of methoxy groups -OCH3 is 1. The molecule has 2 atom stereocenters. The maximum absolute atomic E-state index is 12.3. The van der Waals surface area contributed by atoms with Crippen molar-refractivity contribution in [2.24, 2.45) is 5.92 Å². The number of ketones is 1. The normalized spacial score (nSPS) is 29.4. The molecular formula is C15H25NO4. The Balaban J connectivity index is 2.00. The lowest BCUT2D eigenvalue weighted by molar-refractivity contribution is -0.129. The van der Waals surface area contributed by atoms with Gasteiger partial charge in [-0.05, 0) is 46.5 Å². The molecule has 5 nitrogen and oxygen atoms in total. The standard InChI is InChI=1S/C15H25NO4/c1-15(2,3)20-14(18)16-11-5-6-12(16)8-10(7-11)13(17)9-19-4/h10-12H,5-9H2,1-4H3. The number of hydrogen-bond acceptors (Lipinski definition) is 4. The SMILES string of the molecule is COCC(=O)C1CC2CCC(C1)N2C(=O)OC(C)(C)C. The fourth-order valence-electron chi connectivity index (χ4n) is 3.31.